The molecule has 0 N–H and O–H groups in total. The number of anilines is 1. The molecule has 3 aromatic rings. The smallest absolute Gasteiger partial charge is 0.339 e. The van der Waals surface area contributed by atoms with Gasteiger partial charge in [-0.2, -0.15) is 5.26 Å². The molecule has 0 aliphatic carbocycles. The van der Waals surface area contributed by atoms with Crippen molar-refractivity contribution in [2.75, 3.05) is 18.1 Å². The number of carbonyl (C=O) groups excluding carboxylic acids is 2. The molecule has 0 unspecified atom stereocenters. The van der Waals surface area contributed by atoms with Gasteiger partial charge in [-0.1, -0.05) is 50.2 Å². The molecule has 0 aliphatic heterocycles. The third-order valence-electron chi connectivity index (χ3n) is 4.47. The zero-order valence-electron chi connectivity index (χ0n) is 16.3. The summed E-state index contributed by atoms with van der Waals surface area (Å²) < 4.78 is 5.31. The molecule has 0 fully saturated rings. The molecular weight excluding hydrogens is 366 g/mol. The molecular formula is C23H21N3O3. The van der Waals surface area contributed by atoms with E-state index in [1.165, 1.54) is 4.90 Å². The van der Waals surface area contributed by atoms with Crippen LogP contribution in [0.5, 0.6) is 0 Å². The summed E-state index contributed by atoms with van der Waals surface area (Å²) in [6.45, 7) is 3.41. The molecule has 0 saturated heterocycles. The van der Waals surface area contributed by atoms with Crippen LogP contribution in [-0.2, 0) is 9.53 Å². The Kier molecular flexibility index (Phi) is 6.20. The van der Waals surface area contributed by atoms with Gasteiger partial charge in [0.25, 0.3) is 5.91 Å². The molecule has 1 heterocycles. The first kappa shape index (κ1) is 20.0. The monoisotopic (exact) mass is 387 g/mol. The zero-order chi connectivity index (χ0) is 20.8. The van der Waals surface area contributed by atoms with Crippen LogP contribution in [-0.4, -0.2) is 30.0 Å². The van der Waals surface area contributed by atoms with Crippen molar-refractivity contribution in [1.82, 2.24) is 4.98 Å². The molecule has 0 bridgehead atoms. The van der Waals surface area contributed by atoms with Crippen LogP contribution in [0.3, 0.4) is 0 Å². The number of ether oxygens (including phenoxy) is 1. The van der Waals surface area contributed by atoms with Crippen LogP contribution in [0, 0.1) is 11.3 Å². The minimum Gasteiger partial charge on any atom is -0.452 e. The van der Waals surface area contributed by atoms with Crippen LogP contribution in [0.2, 0.25) is 0 Å². The lowest BCUT2D eigenvalue weighted by Gasteiger charge is -2.19. The van der Waals surface area contributed by atoms with Crippen molar-refractivity contribution >= 4 is 28.5 Å². The van der Waals surface area contributed by atoms with E-state index in [0.29, 0.717) is 22.2 Å². The molecule has 6 heteroatoms. The normalized spacial score (nSPS) is 10.6. The summed E-state index contributed by atoms with van der Waals surface area (Å²) in [6.07, 6.45) is 0. The second kappa shape index (κ2) is 8.98. The van der Waals surface area contributed by atoms with Gasteiger partial charge in [-0.3, -0.25) is 14.7 Å². The van der Waals surface area contributed by atoms with Crippen LogP contribution < -0.4 is 4.90 Å². The van der Waals surface area contributed by atoms with Crippen LogP contribution in [0.25, 0.3) is 10.9 Å². The summed E-state index contributed by atoms with van der Waals surface area (Å²) in [4.78, 5) is 31.2. The van der Waals surface area contributed by atoms with Gasteiger partial charge in [-0.15, -0.1) is 0 Å². The van der Waals surface area contributed by atoms with Gasteiger partial charge in [0, 0.05) is 16.8 Å². The maximum Gasteiger partial charge on any atom is 0.339 e. The van der Waals surface area contributed by atoms with Crippen LogP contribution >= 0.6 is 0 Å². The van der Waals surface area contributed by atoms with Crippen molar-refractivity contribution in [3.8, 4) is 6.07 Å². The number of benzene rings is 2. The highest BCUT2D eigenvalue weighted by molar-refractivity contribution is 6.04. The highest BCUT2D eigenvalue weighted by atomic mass is 16.5. The molecule has 0 radical (unpaired) electrons. The van der Waals surface area contributed by atoms with Crippen molar-refractivity contribution in [3.05, 3.63) is 71.9 Å². The fourth-order valence-corrected chi connectivity index (χ4v) is 2.95. The fourth-order valence-electron chi connectivity index (χ4n) is 2.95. The van der Waals surface area contributed by atoms with E-state index in [1.54, 1.807) is 36.4 Å². The molecule has 0 atom stereocenters. The molecule has 1 aromatic heterocycles. The average Bonchev–Trinajstić information content (AvgIpc) is 2.75. The number of rotatable bonds is 6. The lowest BCUT2D eigenvalue weighted by Crippen LogP contribution is -2.35. The van der Waals surface area contributed by atoms with Crippen molar-refractivity contribution in [2.45, 2.75) is 19.8 Å². The molecule has 3 rings (SSSR count). The Hall–Kier alpha value is -3.72. The second-order valence-corrected chi connectivity index (χ2v) is 6.82. The number of para-hydroxylation sites is 2. The Morgan fingerprint density at radius 3 is 2.48 bits per heavy atom. The predicted molar refractivity (Wildman–Crippen MR) is 111 cm³/mol. The minimum atomic E-state index is -0.594. The Labute approximate surface area is 169 Å². The molecule has 2 aromatic carbocycles. The van der Waals surface area contributed by atoms with Gasteiger partial charge in [-0.25, -0.2) is 4.79 Å². The number of pyridine rings is 1. The largest absolute Gasteiger partial charge is 0.452 e. The molecule has 0 aliphatic rings. The maximum absolute atomic E-state index is 12.8. The number of nitriles is 1. The van der Waals surface area contributed by atoms with E-state index < -0.39 is 18.5 Å². The predicted octanol–water partition coefficient (Wildman–Crippen LogP) is 4.07. The van der Waals surface area contributed by atoms with Gasteiger partial charge in [0.2, 0.25) is 0 Å². The fraction of sp³-hybridized carbons (Fsp3) is 0.217. The molecule has 6 nitrogen and oxygen atoms in total. The van der Waals surface area contributed by atoms with Gasteiger partial charge >= 0.3 is 5.97 Å². The third kappa shape index (κ3) is 4.58. The second-order valence-electron chi connectivity index (χ2n) is 6.82. The van der Waals surface area contributed by atoms with Gasteiger partial charge in [0.15, 0.2) is 6.61 Å². The number of nitrogens with zero attached hydrogens (tertiary/aromatic N) is 3. The van der Waals surface area contributed by atoms with Gasteiger partial charge in [-0.05, 0) is 30.2 Å². The summed E-state index contributed by atoms with van der Waals surface area (Å²) in [6, 6.07) is 19.8. The highest BCUT2D eigenvalue weighted by Gasteiger charge is 2.20. The Bertz CT molecular complexity index is 1070. The highest BCUT2D eigenvalue weighted by Crippen LogP contribution is 2.23. The minimum absolute atomic E-state index is 0.129. The molecule has 1 amide bonds. The van der Waals surface area contributed by atoms with Crippen LogP contribution in [0.1, 0.15) is 35.8 Å². The molecule has 0 saturated carbocycles. The number of hydrogen-bond acceptors (Lipinski definition) is 5. The van der Waals surface area contributed by atoms with E-state index in [-0.39, 0.29) is 12.5 Å². The quantitative estimate of drug-likeness (QED) is 0.470. The average molecular weight is 387 g/mol. The summed E-state index contributed by atoms with van der Waals surface area (Å²) in [5.74, 6) is -0.922. The van der Waals surface area contributed by atoms with Gasteiger partial charge in [0.1, 0.15) is 6.54 Å². The van der Waals surface area contributed by atoms with E-state index in [1.807, 2.05) is 44.2 Å². The SMILES string of the molecule is CC(C)c1cc(C(=O)OCC(=O)N(CC#N)c2ccccc2)c2ccccc2n1. The lowest BCUT2D eigenvalue weighted by atomic mass is 10.0. The van der Waals surface area contributed by atoms with Crippen molar-refractivity contribution in [3.63, 3.8) is 0 Å². The van der Waals surface area contributed by atoms with E-state index in [2.05, 4.69) is 4.98 Å². The topological polar surface area (TPSA) is 83.3 Å². The molecule has 0 spiro atoms. The van der Waals surface area contributed by atoms with E-state index in [0.717, 1.165) is 5.69 Å². The van der Waals surface area contributed by atoms with Crippen LogP contribution in [0.15, 0.2) is 60.7 Å². The molecule has 29 heavy (non-hydrogen) atoms. The Morgan fingerprint density at radius 1 is 1.10 bits per heavy atom. The van der Waals surface area contributed by atoms with Crippen molar-refractivity contribution in [1.29, 1.82) is 5.26 Å². The van der Waals surface area contributed by atoms with Gasteiger partial charge < -0.3 is 4.74 Å². The maximum atomic E-state index is 12.8. The first-order valence-electron chi connectivity index (χ1n) is 9.30. The number of esters is 1. The number of fused-ring (bicyclic) bond motifs is 1. The summed E-state index contributed by atoms with van der Waals surface area (Å²) in [7, 11) is 0. The van der Waals surface area contributed by atoms with Crippen molar-refractivity contribution in [2.24, 2.45) is 0 Å². The standard InChI is InChI=1S/C23H21N3O3/c1-16(2)21-14-19(18-10-6-7-11-20(18)25-21)23(28)29-15-22(27)26(13-12-24)17-8-4-3-5-9-17/h3-11,14,16H,13,15H2,1-2H3. The van der Waals surface area contributed by atoms with E-state index in [4.69, 9.17) is 10.00 Å². The first-order valence-corrected chi connectivity index (χ1v) is 9.30. The number of aromatic nitrogens is 1. The number of amides is 1. The summed E-state index contributed by atoms with van der Waals surface area (Å²) in [5, 5.41) is 9.72. The van der Waals surface area contributed by atoms with E-state index in [9.17, 15) is 9.59 Å². The van der Waals surface area contributed by atoms with Crippen molar-refractivity contribution < 1.29 is 14.3 Å². The van der Waals surface area contributed by atoms with Crippen LogP contribution in [0.4, 0.5) is 5.69 Å². The van der Waals surface area contributed by atoms with E-state index >= 15 is 0 Å². The number of carbonyl (C=O) groups is 2. The Balaban J connectivity index is 1.82. The number of hydrogen-bond donors (Lipinski definition) is 0. The summed E-state index contributed by atoms with van der Waals surface area (Å²) >= 11 is 0. The Morgan fingerprint density at radius 2 is 1.79 bits per heavy atom. The molecule has 146 valence electrons. The summed E-state index contributed by atoms with van der Waals surface area (Å²) in [5.41, 5.74) is 2.43. The zero-order valence-corrected chi connectivity index (χ0v) is 16.3. The van der Waals surface area contributed by atoms with Gasteiger partial charge in [0.05, 0.1) is 17.1 Å². The third-order valence-corrected chi connectivity index (χ3v) is 4.47. The lowest BCUT2D eigenvalue weighted by molar-refractivity contribution is -0.121. The first-order chi connectivity index (χ1) is 14.0.